The van der Waals surface area contributed by atoms with Crippen LogP contribution in [-0.2, 0) is 11.3 Å². The van der Waals surface area contributed by atoms with Crippen LogP contribution in [0.2, 0.25) is 0 Å². The predicted molar refractivity (Wildman–Crippen MR) is 58.4 cm³/mol. The molecule has 0 aliphatic carbocycles. The second kappa shape index (κ2) is 6.19. The number of nitrogens with one attached hydrogen (secondary N) is 2. The fourth-order valence-corrected chi connectivity index (χ4v) is 1.25. The van der Waals surface area contributed by atoms with Gasteiger partial charge in [-0.3, -0.25) is 4.79 Å². The van der Waals surface area contributed by atoms with Gasteiger partial charge in [0.15, 0.2) is 0 Å². The largest absolute Gasteiger partial charge is 0.355 e. The molecule has 5 nitrogen and oxygen atoms in total. The molecule has 1 unspecified atom stereocenters. The molecule has 0 radical (unpaired) electrons. The standard InChI is InChI=1S/C10H18N4O/c1-3-12-10(15)9(2)13-5-7-14-6-4-11-8-14/h4,6,8-9,13H,3,5,7H2,1-2H3,(H,12,15). The van der Waals surface area contributed by atoms with E-state index in [-0.39, 0.29) is 11.9 Å². The Labute approximate surface area is 89.9 Å². The Kier molecular flexibility index (Phi) is 4.83. The fourth-order valence-electron chi connectivity index (χ4n) is 1.25. The number of likely N-dealkylation sites (N-methyl/N-ethyl adjacent to an activating group) is 1. The van der Waals surface area contributed by atoms with E-state index in [0.29, 0.717) is 6.54 Å². The zero-order chi connectivity index (χ0) is 11.1. The van der Waals surface area contributed by atoms with Crippen molar-refractivity contribution in [1.29, 1.82) is 0 Å². The maximum absolute atomic E-state index is 11.3. The molecule has 0 aliphatic heterocycles. The lowest BCUT2D eigenvalue weighted by Crippen LogP contribution is -2.43. The molecule has 5 heteroatoms. The van der Waals surface area contributed by atoms with Gasteiger partial charge in [0.25, 0.3) is 0 Å². The summed E-state index contributed by atoms with van der Waals surface area (Å²) >= 11 is 0. The summed E-state index contributed by atoms with van der Waals surface area (Å²) in [6.07, 6.45) is 5.41. The van der Waals surface area contributed by atoms with E-state index in [9.17, 15) is 4.79 Å². The van der Waals surface area contributed by atoms with Gasteiger partial charge >= 0.3 is 0 Å². The van der Waals surface area contributed by atoms with Gasteiger partial charge < -0.3 is 15.2 Å². The number of rotatable bonds is 6. The van der Waals surface area contributed by atoms with Gasteiger partial charge in [0.1, 0.15) is 0 Å². The van der Waals surface area contributed by atoms with Gasteiger partial charge in [0, 0.05) is 32.0 Å². The highest BCUT2D eigenvalue weighted by molar-refractivity contribution is 5.81. The van der Waals surface area contributed by atoms with E-state index in [0.717, 1.165) is 13.1 Å². The Bertz CT molecular complexity index is 284. The van der Waals surface area contributed by atoms with Crippen molar-refractivity contribution in [1.82, 2.24) is 20.2 Å². The summed E-state index contributed by atoms with van der Waals surface area (Å²) in [5, 5.41) is 5.91. The molecule has 2 N–H and O–H groups in total. The van der Waals surface area contributed by atoms with Crippen molar-refractivity contribution in [2.45, 2.75) is 26.4 Å². The van der Waals surface area contributed by atoms with Crippen LogP contribution in [0.4, 0.5) is 0 Å². The molecule has 1 aromatic heterocycles. The summed E-state index contributed by atoms with van der Waals surface area (Å²) < 4.78 is 1.97. The van der Waals surface area contributed by atoms with Gasteiger partial charge in [0.2, 0.25) is 5.91 Å². The van der Waals surface area contributed by atoms with Gasteiger partial charge in [0.05, 0.1) is 12.4 Å². The Morgan fingerprint density at radius 3 is 3.00 bits per heavy atom. The van der Waals surface area contributed by atoms with Gasteiger partial charge in [-0.2, -0.15) is 0 Å². The molecule has 0 fully saturated rings. The Hall–Kier alpha value is -1.36. The van der Waals surface area contributed by atoms with E-state index < -0.39 is 0 Å². The van der Waals surface area contributed by atoms with Crippen LogP contribution >= 0.6 is 0 Å². The summed E-state index contributed by atoms with van der Waals surface area (Å²) in [5.41, 5.74) is 0. The summed E-state index contributed by atoms with van der Waals surface area (Å²) in [6.45, 7) is 6.03. The van der Waals surface area contributed by atoms with Crippen LogP contribution in [0.25, 0.3) is 0 Å². The summed E-state index contributed by atoms with van der Waals surface area (Å²) in [6, 6.07) is -0.145. The lowest BCUT2D eigenvalue weighted by molar-refractivity contribution is -0.122. The summed E-state index contributed by atoms with van der Waals surface area (Å²) in [4.78, 5) is 15.3. The highest BCUT2D eigenvalue weighted by Crippen LogP contribution is 1.86. The molecule has 0 bridgehead atoms. The van der Waals surface area contributed by atoms with Crippen molar-refractivity contribution in [3.05, 3.63) is 18.7 Å². The zero-order valence-corrected chi connectivity index (χ0v) is 9.23. The van der Waals surface area contributed by atoms with E-state index >= 15 is 0 Å². The van der Waals surface area contributed by atoms with Crippen LogP contribution in [0.5, 0.6) is 0 Å². The Morgan fingerprint density at radius 2 is 2.40 bits per heavy atom. The van der Waals surface area contributed by atoms with Crippen LogP contribution in [0.15, 0.2) is 18.7 Å². The van der Waals surface area contributed by atoms with Crippen molar-refractivity contribution in [3.8, 4) is 0 Å². The molecule has 1 aromatic rings. The number of hydrogen-bond donors (Lipinski definition) is 2. The smallest absolute Gasteiger partial charge is 0.236 e. The summed E-state index contributed by atoms with van der Waals surface area (Å²) in [7, 11) is 0. The quantitative estimate of drug-likeness (QED) is 0.694. The molecule has 0 saturated carbocycles. The minimum Gasteiger partial charge on any atom is -0.355 e. The third kappa shape index (κ3) is 4.12. The first-order valence-corrected chi connectivity index (χ1v) is 5.21. The zero-order valence-electron chi connectivity index (χ0n) is 9.23. The highest BCUT2D eigenvalue weighted by Gasteiger charge is 2.09. The maximum atomic E-state index is 11.3. The first-order valence-electron chi connectivity index (χ1n) is 5.21. The van der Waals surface area contributed by atoms with E-state index in [2.05, 4.69) is 15.6 Å². The first kappa shape index (κ1) is 11.7. The molecular formula is C10H18N4O. The number of carbonyl (C=O) groups excluding carboxylic acids is 1. The second-order valence-electron chi connectivity index (χ2n) is 3.37. The molecule has 1 rings (SSSR count). The SMILES string of the molecule is CCNC(=O)C(C)NCCn1ccnc1. The van der Waals surface area contributed by atoms with E-state index in [1.807, 2.05) is 24.6 Å². The number of amides is 1. The van der Waals surface area contributed by atoms with Crippen molar-refractivity contribution >= 4 is 5.91 Å². The van der Waals surface area contributed by atoms with Crippen LogP contribution in [0.3, 0.4) is 0 Å². The van der Waals surface area contributed by atoms with Crippen molar-refractivity contribution in [2.75, 3.05) is 13.1 Å². The average molecular weight is 210 g/mol. The normalized spacial score (nSPS) is 12.4. The number of imidazole rings is 1. The van der Waals surface area contributed by atoms with Gasteiger partial charge in [-0.15, -0.1) is 0 Å². The molecule has 1 heterocycles. The molecule has 0 aliphatic rings. The maximum Gasteiger partial charge on any atom is 0.236 e. The number of hydrogen-bond acceptors (Lipinski definition) is 3. The highest BCUT2D eigenvalue weighted by atomic mass is 16.2. The first-order chi connectivity index (χ1) is 7.24. The van der Waals surface area contributed by atoms with Crippen LogP contribution < -0.4 is 10.6 Å². The molecule has 1 amide bonds. The third-order valence-electron chi connectivity index (χ3n) is 2.12. The minimum atomic E-state index is -0.145. The molecule has 15 heavy (non-hydrogen) atoms. The lowest BCUT2D eigenvalue weighted by Gasteiger charge is -2.13. The molecule has 84 valence electrons. The molecular weight excluding hydrogens is 192 g/mol. The lowest BCUT2D eigenvalue weighted by atomic mass is 10.3. The van der Waals surface area contributed by atoms with Gasteiger partial charge in [-0.05, 0) is 13.8 Å². The Morgan fingerprint density at radius 1 is 1.60 bits per heavy atom. The van der Waals surface area contributed by atoms with Gasteiger partial charge in [-0.1, -0.05) is 0 Å². The van der Waals surface area contributed by atoms with E-state index in [1.54, 1.807) is 12.5 Å². The van der Waals surface area contributed by atoms with Crippen LogP contribution in [-0.4, -0.2) is 34.6 Å². The van der Waals surface area contributed by atoms with E-state index in [1.165, 1.54) is 0 Å². The minimum absolute atomic E-state index is 0.0446. The van der Waals surface area contributed by atoms with E-state index in [4.69, 9.17) is 0 Å². The molecule has 1 atom stereocenters. The summed E-state index contributed by atoms with van der Waals surface area (Å²) in [5.74, 6) is 0.0446. The fraction of sp³-hybridized carbons (Fsp3) is 0.600. The van der Waals surface area contributed by atoms with Crippen molar-refractivity contribution < 1.29 is 4.79 Å². The number of aromatic nitrogens is 2. The predicted octanol–water partition coefficient (Wildman–Crippen LogP) is -0.00270. The monoisotopic (exact) mass is 210 g/mol. The molecule has 0 spiro atoms. The molecule has 0 saturated heterocycles. The Balaban J connectivity index is 2.17. The second-order valence-corrected chi connectivity index (χ2v) is 3.37. The average Bonchev–Trinajstić information content (AvgIpc) is 2.71. The topological polar surface area (TPSA) is 59.0 Å². The van der Waals surface area contributed by atoms with Gasteiger partial charge in [-0.25, -0.2) is 4.98 Å². The third-order valence-corrected chi connectivity index (χ3v) is 2.12. The van der Waals surface area contributed by atoms with Crippen LogP contribution in [0, 0.1) is 0 Å². The number of nitrogens with zero attached hydrogens (tertiary/aromatic N) is 2. The number of carbonyl (C=O) groups is 1. The molecule has 0 aromatic carbocycles. The van der Waals surface area contributed by atoms with Crippen molar-refractivity contribution in [3.63, 3.8) is 0 Å². The van der Waals surface area contributed by atoms with Crippen LogP contribution in [0.1, 0.15) is 13.8 Å². The van der Waals surface area contributed by atoms with Crippen molar-refractivity contribution in [2.24, 2.45) is 0 Å².